The number of carbonyl (C=O) groups is 1. The standard InChI is InChI=1S/C18H15ClN2O4S2/c1-27(23,24)21-13-6-4-5-12(9-13)18(22)25-10-14-11-26-17(20-14)15-7-2-3-8-16(15)19/h2-9,11,21H,10H2,1H3. The van der Waals surface area contributed by atoms with Gasteiger partial charge in [0.25, 0.3) is 0 Å². The minimum Gasteiger partial charge on any atom is -0.456 e. The maximum absolute atomic E-state index is 12.2. The molecule has 3 aromatic rings. The van der Waals surface area contributed by atoms with E-state index in [-0.39, 0.29) is 12.2 Å². The largest absolute Gasteiger partial charge is 0.456 e. The molecule has 0 bridgehead atoms. The van der Waals surface area contributed by atoms with Gasteiger partial charge in [0.2, 0.25) is 10.0 Å². The number of hydrogen-bond acceptors (Lipinski definition) is 6. The molecule has 3 rings (SSSR count). The lowest BCUT2D eigenvalue weighted by Crippen LogP contribution is -2.11. The summed E-state index contributed by atoms with van der Waals surface area (Å²) in [6.07, 6.45) is 1.04. The zero-order valence-corrected chi connectivity index (χ0v) is 16.6. The first-order valence-corrected chi connectivity index (χ1v) is 10.9. The highest BCUT2D eigenvalue weighted by atomic mass is 35.5. The lowest BCUT2D eigenvalue weighted by atomic mass is 10.2. The SMILES string of the molecule is CS(=O)(=O)Nc1cccc(C(=O)OCc2csc(-c3ccccc3Cl)n2)c1. The number of ether oxygens (including phenoxy) is 1. The van der Waals surface area contributed by atoms with Crippen LogP contribution in [0.4, 0.5) is 5.69 Å². The van der Waals surface area contributed by atoms with Crippen LogP contribution in [0.3, 0.4) is 0 Å². The summed E-state index contributed by atoms with van der Waals surface area (Å²) in [5.41, 5.74) is 1.96. The summed E-state index contributed by atoms with van der Waals surface area (Å²) in [7, 11) is -3.42. The molecular weight excluding hydrogens is 408 g/mol. The third kappa shape index (κ3) is 5.29. The molecule has 0 amide bonds. The number of halogens is 1. The molecule has 0 aliphatic carbocycles. The third-order valence-electron chi connectivity index (χ3n) is 3.41. The van der Waals surface area contributed by atoms with E-state index in [2.05, 4.69) is 9.71 Å². The number of thiazole rings is 1. The molecule has 1 aromatic heterocycles. The molecule has 9 heteroatoms. The molecule has 0 fully saturated rings. The van der Waals surface area contributed by atoms with E-state index in [0.717, 1.165) is 16.8 Å². The predicted molar refractivity (Wildman–Crippen MR) is 107 cm³/mol. The summed E-state index contributed by atoms with van der Waals surface area (Å²) in [5.74, 6) is -0.570. The van der Waals surface area contributed by atoms with E-state index in [1.54, 1.807) is 29.6 Å². The van der Waals surface area contributed by atoms with Crippen LogP contribution in [0, 0.1) is 0 Å². The van der Waals surface area contributed by atoms with Gasteiger partial charge in [-0.2, -0.15) is 0 Å². The van der Waals surface area contributed by atoms with Crippen molar-refractivity contribution in [2.75, 3.05) is 11.0 Å². The third-order valence-corrected chi connectivity index (χ3v) is 5.27. The zero-order valence-electron chi connectivity index (χ0n) is 14.2. The van der Waals surface area contributed by atoms with Crippen molar-refractivity contribution in [3.8, 4) is 10.6 Å². The first kappa shape index (κ1) is 19.3. The first-order chi connectivity index (χ1) is 12.8. The summed E-state index contributed by atoms with van der Waals surface area (Å²) in [6, 6.07) is 13.5. The number of sulfonamides is 1. The van der Waals surface area contributed by atoms with Gasteiger partial charge in [-0.25, -0.2) is 18.2 Å². The van der Waals surface area contributed by atoms with Crippen molar-refractivity contribution < 1.29 is 17.9 Å². The summed E-state index contributed by atoms with van der Waals surface area (Å²) >= 11 is 7.58. The molecule has 0 saturated heterocycles. The molecule has 0 spiro atoms. The molecule has 27 heavy (non-hydrogen) atoms. The number of nitrogens with zero attached hydrogens (tertiary/aromatic N) is 1. The lowest BCUT2D eigenvalue weighted by molar-refractivity contribution is 0.0468. The normalized spacial score (nSPS) is 11.2. The first-order valence-electron chi connectivity index (χ1n) is 7.76. The lowest BCUT2D eigenvalue weighted by Gasteiger charge is -2.06. The van der Waals surface area contributed by atoms with Gasteiger partial charge < -0.3 is 4.74 Å². The number of nitrogens with one attached hydrogen (secondary N) is 1. The topological polar surface area (TPSA) is 85.4 Å². The van der Waals surface area contributed by atoms with Crippen LogP contribution in [-0.2, 0) is 21.4 Å². The average Bonchev–Trinajstić information content (AvgIpc) is 3.07. The maximum Gasteiger partial charge on any atom is 0.338 e. The number of benzene rings is 2. The minimum absolute atomic E-state index is 0.00349. The highest BCUT2D eigenvalue weighted by Gasteiger charge is 2.12. The fourth-order valence-corrected chi connectivity index (χ4v) is 3.96. The van der Waals surface area contributed by atoms with Gasteiger partial charge in [0.1, 0.15) is 11.6 Å². The number of rotatable bonds is 6. The van der Waals surface area contributed by atoms with Crippen molar-refractivity contribution in [2.24, 2.45) is 0 Å². The highest BCUT2D eigenvalue weighted by Crippen LogP contribution is 2.30. The Kier molecular flexibility index (Phi) is 5.79. The summed E-state index contributed by atoms with van der Waals surface area (Å²) < 4.78 is 30.2. The van der Waals surface area contributed by atoms with E-state index in [1.165, 1.54) is 17.4 Å². The molecule has 0 radical (unpaired) electrons. The van der Waals surface area contributed by atoms with Crippen molar-refractivity contribution in [3.63, 3.8) is 0 Å². The second-order valence-electron chi connectivity index (χ2n) is 5.66. The van der Waals surface area contributed by atoms with Crippen molar-refractivity contribution >= 4 is 44.6 Å². The molecule has 2 aromatic carbocycles. The minimum atomic E-state index is -3.42. The van der Waals surface area contributed by atoms with Gasteiger partial charge in [0, 0.05) is 16.6 Å². The molecule has 6 nitrogen and oxygen atoms in total. The van der Waals surface area contributed by atoms with Gasteiger partial charge in [0.15, 0.2) is 0 Å². The number of esters is 1. The Balaban J connectivity index is 1.66. The zero-order chi connectivity index (χ0) is 19.4. The van der Waals surface area contributed by atoms with Crippen molar-refractivity contribution in [1.82, 2.24) is 4.98 Å². The summed E-state index contributed by atoms with van der Waals surface area (Å²) in [6.45, 7) is 0.00349. The van der Waals surface area contributed by atoms with Gasteiger partial charge in [0.05, 0.1) is 22.5 Å². The van der Waals surface area contributed by atoms with Gasteiger partial charge in [-0.3, -0.25) is 4.72 Å². The summed E-state index contributed by atoms with van der Waals surface area (Å²) in [5, 5.41) is 3.14. The average molecular weight is 423 g/mol. The Hall–Kier alpha value is -2.42. The van der Waals surface area contributed by atoms with Crippen LogP contribution < -0.4 is 4.72 Å². The van der Waals surface area contributed by atoms with Crippen LogP contribution in [-0.4, -0.2) is 25.6 Å². The van der Waals surface area contributed by atoms with Crippen LogP contribution in [0.25, 0.3) is 10.6 Å². The van der Waals surface area contributed by atoms with E-state index in [4.69, 9.17) is 16.3 Å². The van der Waals surface area contributed by atoms with Crippen molar-refractivity contribution in [1.29, 1.82) is 0 Å². The van der Waals surface area contributed by atoms with Crippen LogP contribution in [0.1, 0.15) is 16.1 Å². The van der Waals surface area contributed by atoms with Crippen molar-refractivity contribution in [3.05, 3.63) is 70.2 Å². The Morgan fingerprint density at radius 3 is 2.74 bits per heavy atom. The fraction of sp³-hybridized carbons (Fsp3) is 0.111. The van der Waals surface area contributed by atoms with Crippen LogP contribution in [0.2, 0.25) is 5.02 Å². The van der Waals surface area contributed by atoms with E-state index in [0.29, 0.717) is 16.4 Å². The van der Waals surface area contributed by atoms with Crippen LogP contribution >= 0.6 is 22.9 Å². The second-order valence-corrected chi connectivity index (χ2v) is 8.67. The number of hydrogen-bond donors (Lipinski definition) is 1. The van der Waals surface area contributed by atoms with Gasteiger partial charge in [-0.1, -0.05) is 35.9 Å². The predicted octanol–water partition coefficient (Wildman–Crippen LogP) is 4.19. The Morgan fingerprint density at radius 1 is 1.22 bits per heavy atom. The Bertz CT molecular complexity index is 1080. The van der Waals surface area contributed by atoms with E-state index >= 15 is 0 Å². The molecule has 140 valence electrons. The van der Waals surface area contributed by atoms with Gasteiger partial charge >= 0.3 is 5.97 Å². The molecule has 0 atom stereocenters. The number of aromatic nitrogens is 1. The summed E-state index contributed by atoms with van der Waals surface area (Å²) in [4.78, 5) is 16.7. The smallest absolute Gasteiger partial charge is 0.338 e. The molecule has 1 heterocycles. The van der Waals surface area contributed by atoms with Gasteiger partial charge in [-0.15, -0.1) is 11.3 Å². The molecule has 0 unspecified atom stereocenters. The molecule has 0 aliphatic heterocycles. The Morgan fingerprint density at radius 2 is 2.00 bits per heavy atom. The van der Waals surface area contributed by atoms with Gasteiger partial charge in [-0.05, 0) is 24.3 Å². The van der Waals surface area contributed by atoms with Crippen molar-refractivity contribution in [2.45, 2.75) is 6.61 Å². The van der Waals surface area contributed by atoms with Crippen LogP contribution in [0.15, 0.2) is 53.9 Å². The van der Waals surface area contributed by atoms with E-state index in [9.17, 15) is 13.2 Å². The molecule has 1 N–H and O–H groups in total. The number of anilines is 1. The second kappa shape index (κ2) is 8.08. The highest BCUT2D eigenvalue weighted by molar-refractivity contribution is 7.92. The monoisotopic (exact) mass is 422 g/mol. The fourth-order valence-electron chi connectivity index (χ4n) is 2.28. The molecule has 0 aliphatic rings. The van der Waals surface area contributed by atoms with Crippen LogP contribution in [0.5, 0.6) is 0 Å². The molecule has 0 saturated carbocycles. The Labute approximate surface area is 165 Å². The molecular formula is C18H15ClN2O4S2. The number of carbonyl (C=O) groups excluding carboxylic acids is 1. The quantitative estimate of drug-likeness (QED) is 0.602. The van der Waals surface area contributed by atoms with E-state index in [1.807, 2.05) is 18.2 Å². The maximum atomic E-state index is 12.2. The van der Waals surface area contributed by atoms with E-state index < -0.39 is 16.0 Å².